The molecule has 0 amide bonds. The van der Waals surface area contributed by atoms with Gasteiger partial charge in [0.15, 0.2) is 0 Å². The largest absolute Gasteiger partial charge is 0.381 e. The van der Waals surface area contributed by atoms with Gasteiger partial charge in [0, 0.05) is 37.0 Å². The molecule has 5 nitrogen and oxygen atoms in total. The maximum Gasteiger partial charge on any atom is 0.301 e. The van der Waals surface area contributed by atoms with Crippen LogP contribution < -0.4 is 10.0 Å². The van der Waals surface area contributed by atoms with Crippen LogP contribution >= 0.6 is 11.6 Å². The molecule has 0 atom stereocenters. The topological polar surface area (TPSA) is 61.4 Å². The summed E-state index contributed by atoms with van der Waals surface area (Å²) >= 11 is 6.10. The molecule has 0 saturated heterocycles. The summed E-state index contributed by atoms with van der Waals surface area (Å²) in [7, 11) is -0.531. The third kappa shape index (κ3) is 4.37. The summed E-state index contributed by atoms with van der Waals surface area (Å²) in [4.78, 5) is 0. The van der Waals surface area contributed by atoms with E-state index in [4.69, 9.17) is 11.6 Å². The molecule has 0 aliphatic rings. The Kier molecular flexibility index (Phi) is 5.28. The molecule has 2 N–H and O–H groups in total. The van der Waals surface area contributed by atoms with Gasteiger partial charge in [-0.15, -0.1) is 0 Å². The van der Waals surface area contributed by atoms with Gasteiger partial charge in [0.05, 0.1) is 0 Å². The molecule has 0 unspecified atom stereocenters. The van der Waals surface area contributed by atoms with Crippen molar-refractivity contribution in [2.45, 2.75) is 6.54 Å². The van der Waals surface area contributed by atoms with Crippen molar-refractivity contribution in [1.82, 2.24) is 4.31 Å². The summed E-state index contributed by atoms with van der Waals surface area (Å²) < 4.78 is 27.0. The fourth-order valence-electron chi connectivity index (χ4n) is 1.74. The second-order valence-electron chi connectivity index (χ2n) is 4.91. The second kappa shape index (κ2) is 7.00. The van der Waals surface area contributed by atoms with Crippen LogP contribution in [0.4, 0.5) is 11.4 Å². The first-order chi connectivity index (χ1) is 10.4. The van der Waals surface area contributed by atoms with E-state index in [1.807, 2.05) is 36.4 Å². The van der Waals surface area contributed by atoms with Gasteiger partial charge < -0.3 is 5.32 Å². The molecule has 2 aromatic carbocycles. The highest BCUT2D eigenvalue weighted by Gasteiger charge is 2.12. The van der Waals surface area contributed by atoms with Crippen molar-refractivity contribution in [3.63, 3.8) is 0 Å². The van der Waals surface area contributed by atoms with Gasteiger partial charge in [0.25, 0.3) is 0 Å². The molecule has 0 radical (unpaired) electrons. The van der Waals surface area contributed by atoms with E-state index >= 15 is 0 Å². The number of nitrogens with one attached hydrogen (secondary N) is 2. The zero-order valence-electron chi connectivity index (χ0n) is 12.4. The SMILES string of the molecule is CN(C)S(=O)(=O)Nc1ccc(NCc2ccccc2Cl)cc1. The van der Waals surface area contributed by atoms with Crippen LogP contribution in [-0.4, -0.2) is 26.8 Å². The smallest absolute Gasteiger partial charge is 0.301 e. The monoisotopic (exact) mass is 339 g/mol. The number of nitrogens with zero attached hydrogens (tertiary/aromatic N) is 1. The Hall–Kier alpha value is -1.76. The van der Waals surface area contributed by atoms with Gasteiger partial charge >= 0.3 is 10.2 Å². The lowest BCUT2D eigenvalue weighted by molar-refractivity contribution is 0.527. The average molecular weight is 340 g/mol. The van der Waals surface area contributed by atoms with Crippen molar-refractivity contribution >= 4 is 33.2 Å². The number of anilines is 2. The highest BCUT2D eigenvalue weighted by atomic mass is 35.5. The molecule has 0 saturated carbocycles. The molecule has 7 heteroatoms. The van der Waals surface area contributed by atoms with Gasteiger partial charge in [-0.05, 0) is 35.9 Å². The Balaban J connectivity index is 1.99. The van der Waals surface area contributed by atoms with Crippen LogP contribution in [0.15, 0.2) is 48.5 Å². The van der Waals surface area contributed by atoms with Crippen molar-refractivity contribution in [1.29, 1.82) is 0 Å². The third-order valence-electron chi connectivity index (χ3n) is 3.05. The predicted molar refractivity (Wildman–Crippen MR) is 91.5 cm³/mol. The first kappa shape index (κ1) is 16.6. The molecular weight excluding hydrogens is 322 g/mol. The van der Waals surface area contributed by atoms with Gasteiger partial charge in [-0.3, -0.25) is 4.72 Å². The summed E-state index contributed by atoms with van der Waals surface area (Å²) in [6.07, 6.45) is 0. The van der Waals surface area contributed by atoms with E-state index in [9.17, 15) is 8.42 Å². The number of benzene rings is 2. The van der Waals surface area contributed by atoms with Gasteiger partial charge in [-0.2, -0.15) is 12.7 Å². The van der Waals surface area contributed by atoms with E-state index in [2.05, 4.69) is 10.0 Å². The van der Waals surface area contributed by atoms with Crippen molar-refractivity contribution in [2.75, 3.05) is 24.1 Å². The zero-order valence-corrected chi connectivity index (χ0v) is 13.9. The highest BCUT2D eigenvalue weighted by Crippen LogP contribution is 2.19. The second-order valence-corrected chi connectivity index (χ2v) is 7.20. The van der Waals surface area contributed by atoms with Gasteiger partial charge in [0.2, 0.25) is 0 Å². The molecule has 0 bridgehead atoms. The van der Waals surface area contributed by atoms with Gasteiger partial charge in [-0.1, -0.05) is 29.8 Å². The average Bonchev–Trinajstić information content (AvgIpc) is 2.47. The van der Waals surface area contributed by atoms with E-state index < -0.39 is 10.2 Å². The number of hydrogen-bond donors (Lipinski definition) is 2. The maximum atomic E-state index is 11.7. The van der Waals surface area contributed by atoms with E-state index in [1.54, 1.807) is 12.1 Å². The quantitative estimate of drug-likeness (QED) is 0.849. The molecule has 2 aromatic rings. The van der Waals surface area contributed by atoms with Gasteiger partial charge in [0.1, 0.15) is 0 Å². The molecule has 0 aliphatic heterocycles. The summed E-state index contributed by atoms with van der Waals surface area (Å²) in [5.41, 5.74) is 2.39. The Bertz CT molecular complexity index is 731. The Morgan fingerprint density at radius 2 is 1.59 bits per heavy atom. The fourth-order valence-corrected chi connectivity index (χ4v) is 2.55. The van der Waals surface area contributed by atoms with E-state index in [-0.39, 0.29) is 0 Å². The maximum absolute atomic E-state index is 11.7. The molecule has 118 valence electrons. The van der Waals surface area contributed by atoms with Crippen LogP contribution in [0.5, 0.6) is 0 Å². The minimum absolute atomic E-state index is 0.511. The fraction of sp³-hybridized carbons (Fsp3) is 0.200. The first-order valence-electron chi connectivity index (χ1n) is 6.66. The van der Waals surface area contributed by atoms with E-state index in [0.717, 1.165) is 15.6 Å². The number of rotatable bonds is 6. The van der Waals surface area contributed by atoms with Crippen LogP contribution in [0.25, 0.3) is 0 Å². The summed E-state index contributed by atoms with van der Waals surface area (Å²) in [6.45, 7) is 0.600. The predicted octanol–water partition coefficient (Wildman–Crippen LogP) is 3.17. The molecule has 0 fully saturated rings. The molecule has 2 rings (SSSR count). The minimum atomic E-state index is -3.48. The summed E-state index contributed by atoms with van der Waals surface area (Å²) in [5, 5.41) is 3.96. The minimum Gasteiger partial charge on any atom is -0.381 e. The van der Waals surface area contributed by atoms with Crippen molar-refractivity contribution in [3.05, 3.63) is 59.1 Å². The number of halogens is 1. The van der Waals surface area contributed by atoms with Crippen LogP contribution in [-0.2, 0) is 16.8 Å². The van der Waals surface area contributed by atoms with Crippen molar-refractivity contribution in [3.8, 4) is 0 Å². The van der Waals surface area contributed by atoms with Crippen molar-refractivity contribution < 1.29 is 8.42 Å². The highest BCUT2D eigenvalue weighted by molar-refractivity contribution is 7.90. The summed E-state index contributed by atoms with van der Waals surface area (Å²) in [6, 6.07) is 14.6. The lowest BCUT2D eigenvalue weighted by Gasteiger charge is -2.14. The van der Waals surface area contributed by atoms with Crippen LogP contribution in [0.3, 0.4) is 0 Å². The Morgan fingerprint density at radius 1 is 1.00 bits per heavy atom. The zero-order chi connectivity index (χ0) is 16.2. The van der Waals surface area contributed by atoms with Gasteiger partial charge in [-0.25, -0.2) is 0 Å². The molecule has 0 aromatic heterocycles. The van der Waals surface area contributed by atoms with E-state index in [1.165, 1.54) is 14.1 Å². The normalized spacial score (nSPS) is 11.5. The lowest BCUT2D eigenvalue weighted by Crippen LogP contribution is -2.28. The van der Waals surface area contributed by atoms with E-state index in [0.29, 0.717) is 17.3 Å². The van der Waals surface area contributed by atoms with Crippen molar-refractivity contribution in [2.24, 2.45) is 0 Å². The Labute approximate surface area is 136 Å². The Morgan fingerprint density at radius 3 is 2.18 bits per heavy atom. The molecule has 0 heterocycles. The lowest BCUT2D eigenvalue weighted by atomic mass is 10.2. The van der Waals surface area contributed by atoms with Crippen LogP contribution in [0, 0.1) is 0 Å². The number of hydrogen-bond acceptors (Lipinski definition) is 3. The van der Waals surface area contributed by atoms with Crippen LogP contribution in [0.2, 0.25) is 5.02 Å². The molecular formula is C15H18ClN3O2S. The standard InChI is InChI=1S/C15H18ClN3O2S/c1-19(2)22(20,21)18-14-9-7-13(8-10-14)17-11-12-5-3-4-6-15(12)16/h3-10,17-18H,11H2,1-2H3. The summed E-state index contributed by atoms with van der Waals surface area (Å²) in [5.74, 6) is 0. The third-order valence-corrected chi connectivity index (χ3v) is 4.88. The molecule has 0 spiro atoms. The molecule has 0 aliphatic carbocycles. The van der Waals surface area contributed by atoms with Crippen LogP contribution in [0.1, 0.15) is 5.56 Å². The first-order valence-corrected chi connectivity index (χ1v) is 8.48. The molecule has 22 heavy (non-hydrogen) atoms.